The summed E-state index contributed by atoms with van der Waals surface area (Å²) in [4.78, 5) is 1.23. The van der Waals surface area contributed by atoms with Crippen LogP contribution >= 0.6 is 11.8 Å². The SMILES string of the molecule is CCCCc1cc(C)c(Sc2ccccc2)o1. The summed E-state index contributed by atoms with van der Waals surface area (Å²) in [5, 5.41) is 1.03. The lowest BCUT2D eigenvalue weighted by atomic mass is 10.2. The Kier molecular flexibility index (Phi) is 4.32. The molecule has 1 aromatic carbocycles. The summed E-state index contributed by atoms with van der Waals surface area (Å²) in [6.07, 6.45) is 3.45. The van der Waals surface area contributed by atoms with E-state index in [0.717, 1.165) is 17.3 Å². The molecular formula is C15H18OS. The van der Waals surface area contributed by atoms with Gasteiger partial charge >= 0.3 is 0 Å². The normalized spacial score (nSPS) is 10.7. The van der Waals surface area contributed by atoms with Crippen LogP contribution in [-0.4, -0.2) is 0 Å². The lowest BCUT2D eigenvalue weighted by Crippen LogP contribution is -1.78. The van der Waals surface area contributed by atoms with Gasteiger partial charge in [0, 0.05) is 16.9 Å². The Labute approximate surface area is 107 Å². The summed E-state index contributed by atoms with van der Waals surface area (Å²) in [5.41, 5.74) is 1.24. The molecule has 0 fully saturated rings. The number of benzene rings is 1. The molecule has 0 saturated carbocycles. The maximum absolute atomic E-state index is 5.88. The molecule has 2 rings (SSSR count). The summed E-state index contributed by atoms with van der Waals surface area (Å²) < 4.78 is 5.88. The van der Waals surface area contributed by atoms with Crippen molar-refractivity contribution in [2.75, 3.05) is 0 Å². The smallest absolute Gasteiger partial charge is 0.168 e. The maximum Gasteiger partial charge on any atom is 0.168 e. The van der Waals surface area contributed by atoms with Gasteiger partial charge in [0.15, 0.2) is 5.09 Å². The first-order valence-corrected chi connectivity index (χ1v) is 6.93. The first kappa shape index (κ1) is 12.3. The highest BCUT2D eigenvalue weighted by Crippen LogP contribution is 2.32. The van der Waals surface area contributed by atoms with E-state index in [1.165, 1.54) is 23.3 Å². The van der Waals surface area contributed by atoms with Crippen molar-refractivity contribution >= 4 is 11.8 Å². The highest BCUT2D eigenvalue weighted by Gasteiger charge is 2.08. The van der Waals surface area contributed by atoms with Crippen molar-refractivity contribution in [1.82, 2.24) is 0 Å². The average Bonchev–Trinajstić information content (AvgIpc) is 2.69. The van der Waals surface area contributed by atoms with Crippen LogP contribution in [0.4, 0.5) is 0 Å². The molecule has 2 aromatic rings. The molecule has 0 aliphatic rings. The second-order valence-corrected chi connectivity index (χ2v) is 5.25. The summed E-state index contributed by atoms with van der Waals surface area (Å²) >= 11 is 1.70. The summed E-state index contributed by atoms with van der Waals surface area (Å²) in [6.45, 7) is 4.32. The van der Waals surface area contributed by atoms with Gasteiger partial charge in [-0.2, -0.15) is 0 Å². The molecule has 0 N–H and O–H groups in total. The molecule has 0 aliphatic carbocycles. The monoisotopic (exact) mass is 246 g/mol. The van der Waals surface area contributed by atoms with E-state index < -0.39 is 0 Å². The van der Waals surface area contributed by atoms with Gasteiger partial charge in [-0.3, -0.25) is 0 Å². The third-order valence-electron chi connectivity index (χ3n) is 2.65. The molecule has 0 spiro atoms. The zero-order valence-corrected chi connectivity index (χ0v) is 11.2. The minimum atomic E-state index is 1.03. The van der Waals surface area contributed by atoms with Gasteiger partial charge in [0.05, 0.1) is 0 Å². The molecule has 0 unspecified atom stereocenters. The van der Waals surface area contributed by atoms with Crippen LogP contribution in [0.2, 0.25) is 0 Å². The fourth-order valence-electron chi connectivity index (χ4n) is 1.70. The Morgan fingerprint density at radius 1 is 1.18 bits per heavy atom. The molecule has 0 radical (unpaired) electrons. The van der Waals surface area contributed by atoms with E-state index in [4.69, 9.17) is 4.42 Å². The number of hydrogen-bond acceptors (Lipinski definition) is 2. The van der Waals surface area contributed by atoms with E-state index in [1.807, 2.05) is 6.07 Å². The van der Waals surface area contributed by atoms with Gasteiger partial charge in [-0.05, 0) is 31.5 Å². The molecule has 1 aromatic heterocycles. The quantitative estimate of drug-likeness (QED) is 0.729. The highest BCUT2D eigenvalue weighted by molar-refractivity contribution is 7.99. The van der Waals surface area contributed by atoms with Crippen molar-refractivity contribution in [3.8, 4) is 0 Å². The predicted octanol–water partition coefficient (Wildman–Crippen LogP) is 5.08. The van der Waals surface area contributed by atoms with Crippen LogP contribution in [0.15, 0.2) is 50.8 Å². The lowest BCUT2D eigenvalue weighted by molar-refractivity contribution is 0.424. The van der Waals surface area contributed by atoms with Gasteiger partial charge in [0.25, 0.3) is 0 Å². The fourth-order valence-corrected chi connectivity index (χ4v) is 2.58. The van der Waals surface area contributed by atoms with Crippen LogP contribution in [0.1, 0.15) is 31.1 Å². The van der Waals surface area contributed by atoms with E-state index >= 15 is 0 Å². The zero-order valence-electron chi connectivity index (χ0n) is 10.4. The second-order valence-electron chi connectivity index (χ2n) is 4.20. The molecular weight excluding hydrogens is 228 g/mol. The Balaban J connectivity index is 2.08. The van der Waals surface area contributed by atoms with Crippen molar-refractivity contribution in [3.05, 3.63) is 47.7 Å². The van der Waals surface area contributed by atoms with Gasteiger partial charge in [-0.15, -0.1) is 0 Å². The van der Waals surface area contributed by atoms with Crippen LogP contribution in [0.25, 0.3) is 0 Å². The van der Waals surface area contributed by atoms with Crippen molar-refractivity contribution in [2.24, 2.45) is 0 Å². The van der Waals surface area contributed by atoms with Gasteiger partial charge in [0.1, 0.15) is 5.76 Å². The summed E-state index contributed by atoms with van der Waals surface area (Å²) in [5.74, 6) is 1.11. The van der Waals surface area contributed by atoms with Crippen molar-refractivity contribution in [1.29, 1.82) is 0 Å². The van der Waals surface area contributed by atoms with Crippen LogP contribution in [-0.2, 0) is 6.42 Å². The van der Waals surface area contributed by atoms with Crippen LogP contribution in [0.5, 0.6) is 0 Å². The molecule has 0 bridgehead atoms. The maximum atomic E-state index is 5.88. The van der Waals surface area contributed by atoms with Crippen LogP contribution in [0.3, 0.4) is 0 Å². The minimum Gasteiger partial charge on any atom is -0.454 e. The van der Waals surface area contributed by atoms with E-state index in [-0.39, 0.29) is 0 Å². The molecule has 0 saturated heterocycles. The molecule has 1 nitrogen and oxygen atoms in total. The number of furan rings is 1. The summed E-state index contributed by atoms with van der Waals surface area (Å²) in [6, 6.07) is 12.5. The molecule has 17 heavy (non-hydrogen) atoms. The van der Waals surface area contributed by atoms with Crippen LogP contribution in [0, 0.1) is 6.92 Å². The molecule has 0 aliphatic heterocycles. The summed E-state index contributed by atoms with van der Waals surface area (Å²) in [7, 11) is 0. The standard InChI is InChI=1S/C15H18OS/c1-3-4-8-13-11-12(2)15(16-13)17-14-9-6-5-7-10-14/h5-7,9-11H,3-4,8H2,1-2H3. The largest absolute Gasteiger partial charge is 0.454 e. The number of aryl methyl sites for hydroxylation is 2. The van der Waals surface area contributed by atoms with E-state index in [9.17, 15) is 0 Å². The third kappa shape index (κ3) is 3.40. The third-order valence-corrected chi connectivity index (χ3v) is 3.75. The topological polar surface area (TPSA) is 13.1 Å². The van der Waals surface area contributed by atoms with Gasteiger partial charge in [-0.1, -0.05) is 43.3 Å². The zero-order chi connectivity index (χ0) is 12.1. The molecule has 0 amide bonds. The van der Waals surface area contributed by atoms with Crippen LogP contribution < -0.4 is 0 Å². The van der Waals surface area contributed by atoms with Gasteiger partial charge < -0.3 is 4.42 Å². The first-order chi connectivity index (χ1) is 8.29. The number of unbranched alkanes of at least 4 members (excludes halogenated alkanes) is 1. The Hall–Kier alpha value is -1.15. The Morgan fingerprint density at radius 2 is 1.94 bits per heavy atom. The molecule has 0 atom stereocenters. The van der Waals surface area contributed by atoms with Gasteiger partial charge in [-0.25, -0.2) is 0 Å². The van der Waals surface area contributed by atoms with E-state index in [1.54, 1.807) is 11.8 Å². The van der Waals surface area contributed by atoms with E-state index in [0.29, 0.717) is 0 Å². The lowest BCUT2D eigenvalue weighted by Gasteiger charge is -1.98. The fraction of sp³-hybridized carbons (Fsp3) is 0.333. The Morgan fingerprint density at radius 3 is 2.65 bits per heavy atom. The first-order valence-electron chi connectivity index (χ1n) is 6.12. The van der Waals surface area contributed by atoms with Crippen molar-refractivity contribution in [3.63, 3.8) is 0 Å². The average molecular weight is 246 g/mol. The highest BCUT2D eigenvalue weighted by atomic mass is 32.2. The Bertz CT molecular complexity index is 459. The molecule has 90 valence electrons. The van der Waals surface area contributed by atoms with Crippen molar-refractivity contribution in [2.45, 2.75) is 43.1 Å². The molecule has 1 heterocycles. The predicted molar refractivity (Wildman–Crippen MR) is 72.6 cm³/mol. The van der Waals surface area contributed by atoms with Crippen molar-refractivity contribution < 1.29 is 4.42 Å². The van der Waals surface area contributed by atoms with Gasteiger partial charge in [0.2, 0.25) is 0 Å². The van der Waals surface area contributed by atoms with E-state index in [2.05, 4.69) is 44.2 Å². The second kappa shape index (κ2) is 5.97. The number of hydrogen-bond donors (Lipinski definition) is 0. The minimum absolute atomic E-state index is 1.03. The molecule has 2 heteroatoms. The number of rotatable bonds is 5.